The highest BCUT2D eigenvalue weighted by molar-refractivity contribution is 7.99. The van der Waals surface area contributed by atoms with Crippen LogP contribution in [0.25, 0.3) is 17.1 Å². The Morgan fingerprint density at radius 1 is 1.07 bits per heavy atom. The molecule has 0 aliphatic rings. The van der Waals surface area contributed by atoms with E-state index in [1.54, 1.807) is 12.1 Å². The average Bonchev–Trinajstić information content (AvgIpc) is 3.20. The molecule has 0 fully saturated rings. The minimum atomic E-state index is -0.305. The van der Waals surface area contributed by atoms with Crippen LogP contribution in [-0.2, 0) is 4.79 Å². The molecular weight excluding hydrogens is 401 g/mol. The highest BCUT2D eigenvalue weighted by Gasteiger charge is 2.17. The second-order valence-electron chi connectivity index (χ2n) is 6.65. The minimum absolute atomic E-state index is 0.0434. The number of rotatable bonds is 10. The van der Waals surface area contributed by atoms with Gasteiger partial charge in [-0.25, -0.2) is 4.39 Å². The van der Waals surface area contributed by atoms with Crippen LogP contribution in [0.5, 0.6) is 0 Å². The Bertz CT molecular complexity index is 942. The molecule has 0 radical (unpaired) electrons. The van der Waals surface area contributed by atoms with Gasteiger partial charge in [0.25, 0.3) is 0 Å². The molecule has 1 amide bonds. The second-order valence-corrected chi connectivity index (χ2v) is 7.59. The maximum Gasteiger partial charge on any atom is 0.230 e. The van der Waals surface area contributed by atoms with Crippen LogP contribution in [-0.4, -0.2) is 57.5 Å². The van der Waals surface area contributed by atoms with Gasteiger partial charge in [0.05, 0.1) is 5.75 Å². The average molecular weight is 428 g/mol. The van der Waals surface area contributed by atoms with Crippen LogP contribution < -0.4 is 5.32 Å². The molecule has 0 aliphatic heterocycles. The van der Waals surface area contributed by atoms with E-state index < -0.39 is 0 Å². The first-order chi connectivity index (χ1) is 14.6. The third-order valence-corrected chi connectivity index (χ3v) is 5.66. The van der Waals surface area contributed by atoms with Crippen molar-refractivity contribution in [3.63, 3.8) is 0 Å². The summed E-state index contributed by atoms with van der Waals surface area (Å²) in [6, 6.07) is 15.8. The third-order valence-electron chi connectivity index (χ3n) is 4.73. The van der Waals surface area contributed by atoms with Gasteiger partial charge < -0.3 is 10.2 Å². The molecule has 0 bridgehead atoms. The molecular formula is C22H26FN5OS. The first-order valence-electron chi connectivity index (χ1n) is 10.0. The van der Waals surface area contributed by atoms with E-state index >= 15 is 0 Å². The number of para-hydroxylation sites is 1. The summed E-state index contributed by atoms with van der Waals surface area (Å²) in [6.45, 7) is 7.60. The summed E-state index contributed by atoms with van der Waals surface area (Å²) >= 11 is 1.33. The Kier molecular flexibility index (Phi) is 7.98. The topological polar surface area (TPSA) is 63.1 Å². The fraction of sp³-hybridized carbons (Fsp3) is 0.318. The molecule has 0 saturated heterocycles. The normalized spacial score (nSPS) is 11.1. The van der Waals surface area contributed by atoms with Crippen LogP contribution in [0, 0.1) is 5.82 Å². The van der Waals surface area contributed by atoms with Crippen LogP contribution in [0.2, 0.25) is 0 Å². The fourth-order valence-electron chi connectivity index (χ4n) is 3.03. The maximum atomic E-state index is 13.3. The summed E-state index contributed by atoms with van der Waals surface area (Å²) < 4.78 is 15.2. The number of nitrogens with zero attached hydrogens (tertiary/aromatic N) is 4. The zero-order valence-electron chi connectivity index (χ0n) is 17.2. The van der Waals surface area contributed by atoms with E-state index in [9.17, 15) is 9.18 Å². The molecule has 3 aromatic rings. The highest BCUT2D eigenvalue weighted by Crippen LogP contribution is 2.27. The number of halogens is 1. The van der Waals surface area contributed by atoms with Gasteiger partial charge in [0.15, 0.2) is 11.0 Å². The predicted octanol–water partition coefficient (Wildman–Crippen LogP) is 3.62. The zero-order chi connectivity index (χ0) is 21.3. The number of likely N-dealkylation sites (N-methyl/N-ethyl adjacent to an activating group) is 1. The summed E-state index contributed by atoms with van der Waals surface area (Å²) in [5.74, 6) is 0.497. The van der Waals surface area contributed by atoms with Gasteiger partial charge in [0.2, 0.25) is 5.91 Å². The number of thioether (sulfide) groups is 1. The molecule has 30 heavy (non-hydrogen) atoms. The number of hydrogen-bond donors (Lipinski definition) is 1. The molecule has 0 spiro atoms. The van der Waals surface area contributed by atoms with E-state index in [2.05, 4.69) is 34.3 Å². The van der Waals surface area contributed by atoms with Crippen molar-refractivity contribution < 1.29 is 9.18 Å². The number of hydrogen-bond acceptors (Lipinski definition) is 5. The van der Waals surface area contributed by atoms with Crippen LogP contribution in [0.3, 0.4) is 0 Å². The lowest BCUT2D eigenvalue weighted by Crippen LogP contribution is -2.35. The van der Waals surface area contributed by atoms with Gasteiger partial charge >= 0.3 is 0 Å². The summed E-state index contributed by atoms with van der Waals surface area (Å²) in [5.41, 5.74) is 1.63. The summed E-state index contributed by atoms with van der Waals surface area (Å²) in [4.78, 5) is 14.5. The first kappa shape index (κ1) is 22.0. The number of aromatic nitrogens is 3. The zero-order valence-corrected chi connectivity index (χ0v) is 18.0. The Morgan fingerprint density at radius 2 is 1.77 bits per heavy atom. The van der Waals surface area contributed by atoms with Gasteiger partial charge in [0.1, 0.15) is 5.82 Å². The van der Waals surface area contributed by atoms with Crippen molar-refractivity contribution in [1.82, 2.24) is 25.0 Å². The Morgan fingerprint density at radius 3 is 2.43 bits per heavy atom. The summed E-state index contributed by atoms with van der Waals surface area (Å²) in [5, 5.41) is 12.2. The van der Waals surface area contributed by atoms with Crippen molar-refractivity contribution in [3.8, 4) is 17.1 Å². The van der Waals surface area contributed by atoms with Gasteiger partial charge in [0, 0.05) is 24.3 Å². The SMILES string of the molecule is CCN(CC)CCNC(=O)CSc1nnc(-c2ccc(F)cc2)n1-c1ccccc1. The number of amides is 1. The Balaban J connectivity index is 1.73. The molecule has 1 heterocycles. The first-order valence-corrected chi connectivity index (χ1v) is 11.0. The third kappa shape index (κ3) is 5.67. The van der Waals surface area contributed by atoms with Crippen molar-refractivity contribution in [1.29, 1.82) is 0 Å². The van der Waals surface area contributed by atoms with Gasteiger partial charge in [-0.15, -0.1) is 10.2 Å². The quantitative estimate of drug-likeness (QED) is 0.501. The van der Waals surface area contributed by atoms with Gasteiger partial charge in [-0.1, -0.05) is 43.8 Å². The number of benzene rings is 2. The number of carbonyl (C=O) groups excluding carboxylic acids is 1. The van der Waals surface area contributed by atoms with Crippen molar-refractivity contribution in [2.24, 2.45) is 0 Å². The van der Waals surface area contributed by atoms with Gasteiger partial charge in [-0.05, 0) is 49.5 Å². The van der Waals surface area contributed by atoms with E-state index in [-0.39, 0.29) is 17.5 Å². The summed E-state index contributed by atoms with van der Waals surface area (Å²) in [7, 11) is 0. The Hall–Kier alpha value is -2.71. The largest absolute Gasteiger partial charge is 0.354 e. The van der Waals surface area contributed by atoms with E-state index in [1.165, 1.54) is 23.9 Å². The predicted molar refractivity (Wildman–Crippen MR) is 118 cm³/mol. The van der Waals surface area contributed by atoms with E-state index in [0.717, 1.165) is 30.9 Å². The van der Waals surface area contributed by atoms with Crippen molar-refractivity contribution in [3.05, 3.63) is 60.4 Å². The molecule has 0 aliphatic carbocycles. The molecule has 3 rings (SSSR count). The van der Waals surface area contributed by atoms with Gasteiger partial charge in [-0.3, -0.25) is 9.36 Å². The lowest BCUT2D eigenvalue weighted by atomic mass is 10.2. The van der Waals surface area contributed by atoms with Gasteiger partial charge in [-0.2, -0.15) is 0 Å². The monoisotopic (exact) mass is 427 g/mol. The molecule has 8 heteroatoms. The minimum Gasteiger partial charge on any atom is -0.354 e. The molecule has 1 aromatic heterocycles. The standard InChI is InChI=1S/C22H26FN5OS/c1-3-27(4-2)15-14-24-20(29)16-30-22-26-25-21(17-10-12-18(23)13-11-17)28(22)19-8-6-5-7-9-19/h5-13H,3-4,14-16H2,1-2H3,(H,24,29). The summed E-state index contributed by atoms with van der Waals surface area (Å²) in [6.07, 6.45) is 0. The van der Waals surface area contributed by atoms with Crippen LogP contribution >= 0.6 is 11.8 Å². The van der Waals surface area contributed by atoms with Crippen molar-refractivity contribution in [2.75, 3.05) is 31.9 Å². The highest BCUT2D eigenvalue weighted by atomic mass is 32.2. The van der Waals surface area contributed by atoms with E-state index in [4.69, 9.17) is 0 Å². The molecule has 6 nitrogen and oxygen atoms in total. The molecule has 2 aromatic carbocycles. The lowest BCUT2D eigenvalue weighted by Gasteiger charge is -2.17. The van der Waals surface area contributed by atoms with Crippen LogP contribution in [0.15, 0.2) is 59.8 Å². The lowest BCUT2D eigenvalue weighted by molar-refractivity contribution is -0.118. The molecule has 1 N–H and O–H groups in total. The number of carbonyl (C=O) groups is 1. The molecule has 0 saturated carbocycles. The van der Waals surface area contributed by atoms with Crippen molar-refractivity contribution >= 4 is 17.7 Å². The second kappa shape index (κ2) is 10.9. The van der Waals surface area contributed by atoms with E-state index in [1.807, 2.05) is 34.9 Å². The van der Waals surface area contributed by atoms with Crippen LogP contribution in [0.4, 0.5) is 4.39 Å². The molecule has 0 atom stereocenters. The Labute approximate surface area is 180 Å². The van der Waals surface area contributed by atoms with E-state index in [0.29, 0.717) is 17.5 Å². The number of nitrogens with one attached hydrogen (secondary N) is 1. The molecule has 158 valence electrons. The van der Waals surface area contributed by atoms with Crippen molar-refractivity contribution in [2.45, 2.75) is 19.0 Å². The maximum absolute atomic E-state index is 13.3. The fourth-order valence-corrected chi connectivity index (χ4v) is 3.82. The van der Waals surface area contributed by atoms with Crippen LogP contribution in [0.1, 0.15) is 13.8 Å². The molecule has 0 unspecified atom stereocenters. The smallest absolute Gasteiger partial charge is 0.230 e.